The molecule has 0 N–H and O–H groups in total. The van der Waals surface area contributed by atoms with Crippen LogP contribution in [-0.4, -0.2) is 11.9 Å². The molecule has 0 radical (unpaired) electrons. The van der Waals surface area contributed by atoms with Crippen LogP contribution in [0.1, 0.15) is 19.3 Å². The third-order valence-corrected chi connectivity index (χ3v) is 3.90. The molecule has 4 heteroatoms. The average Bonchev–Trinajstić information content (AvgIpc) is 2.48. The number of para-hydroxylation sites is 2. The van der Waals surface area contributed by atoms with E-state index in [0.717, 1.165) is 6.42 Å². The predicted octanol–water partition coefficient (Wildman–Crippen LogP) is 3.37. The zero-order chi connectivity index (χ0) is 15.4. The van der Waals surface area contributed by atoms with Gasteiger partial charge in [0.25, 0.3) is 0 Å². The molecule has 2 aromatic carbocycles. The van der Waals surface area contributed by atoms with Crippen molar-refractivity contribution >= 4 is 11.9 Å². The van der Waals surface area contributed by atoms with E-state index in [0.29, 0.717) is 24.3 Å². The summed E-state index contributed by atoms with van der Waals surface area (Å²) in [6, 6.07) is 17.5. The topological polar surface area (TPSA) is 52.6 Å². The average molecular weight is 296 g/mol. The minimum Gasteiger partial charge on any atom is -0.426 e. The van der Waals surface area contributed by atoms with Gasteiger partial charge in [-0.05, 0) is 43.5 Å². The Bertz CT molecular complexity index is 605. The highest BCUT2D eigenvalue weighted by Gasteiger charge is 2.54. The number of rotatable bonds is 4. The van der Waals surface area contributed by atoms with Gasteiger partial charge in [0.1, 0.15) is 11.5 Å². The summed E-state index contributed by atoms with van der Waals surface area (Å²) < 4.78 is 10.7. The fourth-order valence-corrected chi connectivity index (χ4v) is 2.41. The van der Waals surface area contributed by atoms with E-state index in [4.69, 9.17) is 9.47 Å². The zero-order valence-electron chi connectivity index (χ0n) is 12.0. The smallest absolute Gasteiger partial charge is 0.328 e. The Kier molecular flexibility index (Phi) is 3.92. The molecule has 0 heterocycles. The third kappa shape index (κ3) is 2.72. The molecule has 1 fully saturated rings. The molecular weight excluding hydrogens is 280 g/mol. The SMILES string of the molecule is O=C(Oc1ccccc1)C1(C(=O)Oc2ccccc2)CCC1. The lowest BCUT2D eigenvalue weighted by molar-refractivity contribution is -0.167. The first kappa shape index (κ1) is 14.3. The van der Waals surface area contributed by atoms with Crippen LogP contribution in [0.4, 0.5) is 0 Å². The summed E-state index contributed by atoms with van der Waals surface area (Å²) in [5.41, 5.74) is -1.17. The number of carbonyl (C=O) groups is 2. The number of hydrogen-bond donors (Lipinski definition) is 0. The van der Waals surface area contributed by atoms with Crippen molar-refractivity contribution in [1.29, 1.82) is 0 Å². The quantitative estimate of drug-likeness (QED) is 0.493. The molecule has 0 aromatic heterocycles. The van der Waals surface area contributed by atoms with Gasteiger partial charge >= 0.3 is 11.9 Å². The minimum atomic E-state index is -1.17. The first-order valence-corrected chi connectivity index (χ1v) is 7.25. The minimum absolute atomic E-state index is 0.436. The number of esters is 2. The first-order valence-electron chi connectivity index (χ1n) is 7.25. The Morgan fingerprint density at radius 3 is 1.45 bits per heavy atom. The normalized spacial score (nSPS) is 15.5. The summed E-state index contributed by atoms with van der Waals surface area (Å²) in [4.78, 5) is 24.9. The molecule has 0 spiro atoms. The molecule has 0 aliphatic heterocycles. The fourth-order valence-electron chi connectivity index (χ4n) is 2.41. The largest absolute Gasteiger partial charge is 0.426 e. The van der Waals surface area contributed by atoms with Crippen molar-refractivity contribution in [3.05, 3.63) is 60.7 Å². The molecule has 3 rings (SSSR count). The molecule has 4 nitrogen and oxygen atoms in total. The molecular formula is C18H16O4. The predicted molar refractivity (Wildman–Crippen MR) is 80.4 cm³/mol. The number of benzene rings is 2. The Labute approximate surface area is 128 Å². The maximum Gasteiger partial charge on any atom is 0.328 e. The van der Waals surface area contributed by atoms with Crippen LogP contribution in [0.5, 0.6) is 11.5 Å². The van der Waals surface area contributed by atoms with Gasteiger partial charge in [0.2, 0.25) is 0 Å². The van der Waals surface area contributed by atoms with E-state index in [1.54, 1.807) is 48.5 Å². The monoisotopic (exact) mass is 296 g/mol. The van der Waals surface area contributed by atoms with Gasteiger partial charge in [-0.25, -0.2) is 0 Å². The van der Waals surface area contributed by atoms with E-state index < -0.39 is 17.4 Å². The van der Waals surface area contributed by atoms with Crippen LogP contribution >= 0.6 is 0 Å². The van der Waals surface area contributed by atoms with Crippen LogP contribution < -0.4 is 9.47 Å². The molecule has 112 valence electrons. The van der Waals surface area contributed by atoms with Crippen molar-refractivity contribution in [3.63, 3.8) is 0 Å². The molecule has 1 aliphatic rings. The van der Waals surface area contributed by atoms with Gasteiger partial charge in [-0.2, -0.15) is 0 Å². The number of ether oxygens (including phenoxy) is 2. The Morgan fingerprint density at radius 1 is 0.727 bits per heavy atom. The van der Waals surface area contributed by atoms with Crippen molar-refractivity contribution in [2.24, 2.45) is 5.41 Å². The van der Waals surface area contributed by atoms with Crippen molar-refractivity contribution in [1.82, 2.24) is 0 Å². The standard InChI is InChI=1S/C18H16O4/c19-16(21-14-8-3-1-4-9-14)18(12-7-13-18)17(20)22-15-10-5-2-6-11-15/h1-6,8-11H,7,12-13H2. The highest BCUT2D eigenvalue weighted by atomic mass is 16.6. The van der Waals surface area contributed by atoms with Gasteiger partial charge in [-0.3, -0.25) is 9.59 Å². The number of carbonyl (C=O) groups excluding carboxylic acids is 2. The summed E-state index contributed by atoms with van der Waals surface area (Å²) in [5.74, 6) is -0.200. The van der Waals surface area contributed by atoms with E-state index in [-0.39, 0.29) is 0 Å². The molecule has 0 unspecified atom stereocenters. The second-order valence-electron chi connectivity index (χ2n) is 5.34. The van der Waals surface area contributed by atoms with Crippen LogP contribution in [0, 0.1) is 5.41 Å². The van der Waals surface area contributed by atoms with Crippen molar-refractivity contribution in [2.75, 3.05) is 0 Å². The molecule has 0 atom stereocenters. The fraction of sp³-hybridized carbons (Fsp3) is 0.222. The van der Waals surface area contributed by atoms with Gasteiger partial charge in [-0.15, -0.1) is 0 Å². The second kappa shape index (κ2) is 6.02. The molecule has 1 aliphatic carbocycles. The third-order valence-electron chi connectivity index (χ3n) is 3.90. The summed E-state index contributed by atoms with van der Waals surface area (Å²) in [6.07, 6.45) is 1.74. The lowest BCUT2D eigenvalue weighted by atomic mass is 9.69. The maximum absolute atomic E-state index is 12.4. The van der Waals surface area contributed by atoms with Gasteiger partial charge in [0, 0.05) is 0 Å². The Balaban J connectivity index is 1.73. The van der Waals surface area contributed by atoms with Crippen molar-refractivity contribution < 1.29 is 19.1 Å². The van der Waals surface area contributed by atoms with Gasteiger partial charge in [-0.1, -0.05) is 36.4 Å². The number of hydrogen-bond acceptors (Lipinski definition) is 4. The Morgan fingerprint density at radius 2 is 1.14 bits per heavy atom. The van der Waals surface area contributed by atoms with E-state index in [2.05, 4.69) is 0 Å². The van der Waals surface area contributed by atoms with Crippen molar-refractivity contribution in [3.8, 4) is 11.5 Å². The van der Waals surface area contributed by atoms with E-state index in [9.17, 15) is 9.59 Å². The summed E-state index contributed by atoms with van der Waals surface area (Å²) in [5, 5.41) is 0. The maximum atomic E-state index is 12.4. The molecule has 2 aromatic rings. The van der Waals surface area contributed by atoms with Gasteiger partial charge in [0.05, 0.1) is 0 Å². The van der Waals surface area contributed by atoms with Crippen LogP contribution in [0.3, 0.4) is 0 Å². The van der Waals surface area contributed by atoms with Crippen LogP contribution in [0.2, 0.25) is 0 Å². The second-order valence-corrected chi connectivity index (χ2v) is 5.34. The lowest BCUT2D eigenvalue weighted by Gasteiger charge is -2.36. The van der Waals surface area contributed by atoms with Gasteiger partial charge < -0.3 is 9.47 Å². The molecule has 1 saturated carbocycles. The van der Waals surface area contributed by atoms with E-state index >= 15 is 0 Å². The molecule has 0 amide bonds. The summed E-state index contributed by atoms with van der Waals surface area (Å²) in [6.45, 7) is 0. The van der Waals surface area contributed by atoms with Crippen LogP contribution in [0.15, 0.2) is 60.7 Å². The van der Waals surface area contributed by atoms with E-state index in [1.807, 2.05) is 12.1 Å². The lowest BCUT2D eigenvalue weighted by Crippen LogP contribution is -2.49. The van der Waals surface area contributed by atoms with E-state index in [1.165, 1.54) is 0 Å². The molecule has 0 bridgehead atoms. The molecule has 22 heavy (non-hydrogen) atoms. The Hall–Kier alpha value is -2.62. The highest BCUT2D eigenvalue weighted by Crippen LogP contribution is 2.43. The first-order chi connectivity index (χ1) is 10.7. The van der Waals surface area contributed by atoms with Crippen LogP contribution in [-0.2, 0) is 9.59 Å². The summed E-state index contributed by atoms with van der Waals surface area (Å²) in [7, 11) is 0. The molecule has 0 saturated heterocycles. The van der Waals surface area contributed by atoms with Gasteiger partial charge in [0.15, 0.2) is 5.41 Å². The zero-order valence-corrected chi connectivity index (χ0v) is 12.0. The van der Waals surface area contributed by atoms with Crippen LogP contribution in [0.25, 0.3) is 0 Å². The highest BCUT2D eigenvalue weighted by molar-refractivity contribution is 6.02. The van der Waals surface area contributed by atoms with Crippen molar-refractivity contribution in [2.45, 2.75) is 19.3 Å². The summed E-state index contributed by atoms with van der Waals surface area (Å²) >= 11 is 0.